The SMILES string of the molecule is CCOC1CCC(N=NC2CCC(C(=O)CC)CC2)CC1. The molecule has 0 bridgehead atoms. The van der Waals surface area contributed by atoms with Crippen LogP contribution in [0.1, 0.15) is 71.6 Å². The molecule has 0 spiro atoms. The first-order chi connectivity index (χ1) is 10.2. The molecule has 2 rings (SSSR count). The smallest absolute Gasteiger partial charge is 0.135 e. The van der Waals surface area contributed by atoms with Gasteiger partial charge in [-0.3, -0.25) is 4.79 Å². The molecule has 2 fully saturated rings. The number of Topliss-reactive ketones (excluding diaryl/α,β-unsaturated/α-hetero) is 1. The fraction of sp³-hybridized carbons (Fsp3) is 0.941. The first kappa shape index (κ1) is 16.6. The highest BCUT2D eigenvalue weighted by molar-refractivity contribution is 5.80. The summed E-state index contributed by atoms with van der Waals surface area (Å²) in [7, 11) is 0. The van der Waals surface area contributed by atoms with E-state index in [9.17, 15) is 4.79 Å². The van der Waals surface area contributed by atoms with Crippen LogP contribution in [-0.2, 0) is 9.53 Å². The number of ether oxygens (including phenoxy) is 1. The van der Waals surface area contributed by atoms with E-state index < -0.39 is 0 Å². The van der Waals surface area contributed by atoms with Crippen molar-refractivity contribution in [2.75, 3.05) is 6.61 Å². The van der Waals surface area contributed by atoms with Crippen molar-refractivity contribution in [3.05, 3.63) is 0 Å². The molecule has 0 atom stereocenters. The predicted molar refractivity (Wildman–Crippen MR) is 83.6 cm³/mol. The van der Waals surface area contributed by atoms with E-state index in [1.54, 1.807) is 0 Å². The number of rotatable bonds is 6. The lowest BCUT2D eigenvalue weighted by Crippen LogP contribution is -2.25. The highest BCUT2D eigenvalue weighted by atomic mass is 16.5. The van der Waals surface area contributed by atoms with Crippen LogP contribution in [0.2, 0.25) is 0 Å². The van der Waals surface area contributed by atoms with Gasteiger partial charge in [0, 0.05) is 18.9 Å². The zero-order chi connectivity index (χ0) is 15.1. The summed E-state index contributed by atoms with van der Waals surface area (Å²) < 4.78 is 5.67. The molecule has 2 saturated carbocycles. The molecule has 0 saturated heterocycles. The fourth-order valence-electron chi connectivity index (χ4n) is 3.55. The third-order valence-electron chi connectivity index (χ3n) is 4.94. The van der Waals surface area contributed by atoms with Crippen molar-refractivity contribution < 1.29 is 9.53 Å². The Balaban J connectivity index is 1.68. The maximum Gasteiger partial charge on any atom is 0.135 e. The third-order valence-corrected chi connectivity index (χ3v) is 4.94. The van der Waals surface area contributed by atoms with Gasteiger partial charge in [0.1, 0.15) is 5.78 Å². The average Bonchev–Trinajstić information content (AvgIpc) is 2.54. The molecule has 21 heavy (non-hydrogen) atoms. The Labute approximate surface area is 128 Å². The number of hydrogen-bond acceptors (Lipinski definition) is 4. The van der Waals surface area contributed by atoms with Crippen LogP contribution in [-0.4, -0.2) is 30.6 Å². The van der Waals surface area contributed by atoms with Gasteiger partial charge in [0.05, 0.1) is 18.2 Å². The molecule has 0 unspecified atom stereocenters. The number of ketones is 1. The molecule has 0 aromatic carbocycles. The zero-order valence-electron chi connectivity index (χ0n) is 13.6. The summed E-state index contributed by atoms with van der Waals surface area (Å²) >= 11 is 0. The molecule has 2 aliphatic rings. The lowest BCUT2D eigenvalue weighted by atomic mass is 9.83. The maximum atomic E-state index is 11.7. The van der Waals surface area contributed by atoms with Crippen molar-refractivity contribution in [2.24, 2.45) is 16.1 Å². The molecule has 4 nitrogen and oxygen atoms in total. The number of carbonyl (C=O) groups is 1. The van der Waals surface area contributed by atoms with E-state index in [1.807, 2.05) is 6.92 Å². The van der Waals surface area contributed by atoms with E-state index in [4.69, 9.17) is 4.74 Å². The van der Waals surface area contributed by atoms with Crippen molar-refractivity contribution in [3.63, 3.8) is 0 Å². The molecule has 0 aromatic rings. The topological polar surface area (TPSA) is 51.0 Å². The van der Waals surface area contributed by atoms with Crippen LogP contribution in [0.25, 0.3) is 0 Å². The lowest BCUT2D eigenvalue weighted by molar-refractivity contribution is -0.123. The Hall–Kier alpha value is -0.770. The first-order valence-electron chi connectivity index (χ1n) is 8.77. The Morgan fingerprint density at radius 3 is 1.90 bits per heavy atom. The van der Waals surface area contributed by atoms with E-state index >= 15 is 0 Å². The van der Waals surface area contributed by atoms with E-state index in [1.165, 1.54) is 0 Å². The third kappa shape index (κ3) is 5.17. The summed E-state index contributed by atoms with van der Waals surface area (Å²) in [5.41, 5.74) is 0. The van der Waals surface area contributed by atoms with Gasteiger partial charge in [0.25, 0.3) is 0 Å². The monoisotopic (exact) mass is 294 g/mol. The Kier molecular flexibility index (Phi) is 6.81. The van der Waals surface area contributed by atoms with Crippen LogP contribution in [0.5, 0.6) is 0 Å². The number of azo groups is 1. The van der Waals surface area contributed by atoms with Crippen molar-refractivity contribution in [3.8, 4) is 0 Å². The molecule has 2 aliphatic carbocycles. The largest absolute Gasteiger partial charge is 0.379 e. The summed E-state index contributed by atoms with van der Waals surface area (Å²) in [5.74, 6) is 0.725. The maximum absolute atomic E-state index is 11.7. The molecule has 4 heteroatoms. The molecule has 120 valence electrons. The molecule has 0 amide bonds. The summed E-state index contributed by atoms with van der Waals surface area (Å²) in [4.78, 5) is 11.7. The van der Waals surface area contributed by atoms with E-state index in [-0.39, 0.29) is 0 Å². The molecular formula is C17H30N2O2. The lowest BCUT2D eigenvalue weighted by Gasteiger charge is -2.27. The van der Waals surface area contributed by atoms with Gasteiger partial charge < -0.3 is 4.74 Å². The van der Waals surface area contributed by atoms with Crippen LogP contribution in [0, 0.1) is 5.92 Å². The van der Waals surface area contributed by atoms with Crippen molar-refractivity contribution in [1.29, 1.82) is 0 Å². The van der Waals surface area contributed by atoms with Gasteiger partial charge >= 0.3 is 0 Å². The Morgan fingerprint density at radius 2 is 1.43 bits per heavy atom. The summed E-state index contributed by atoms with van der Waals surface area (Å²) in [5, 5.41) is 9.15. The summed E-state index contributed by atoms with van der Waals surface area (Å²) in [6, 6.07) is 0.757. The van der Waals surface area contributed by atoms with Crippen LogP contribution >= 0.6 is 0 Å². The average molecular weight is 294 g/mol. The van der Waals surface area contributed by atoms with Crippen LogP contribution < -0.4 is 0 Å². The van der Waals surface area contributed by atoms with Crippen molar-refractivity contribution >= 4 is 5.78 Å². The second-order valence-corrected chi connectivity index (χ2v) is 6.44. The highest BCUT2D eigenvalue weighted by Gasteiger charge is 2.26. The quantitative estimate of drug-likeness (QED) is 0.685. The first-order valence-corrected chi connectivity index (χ1v) is 8.77. The summed E-state index contributed by atoms with van der Waals surface area (Å²) in [6.07, 6.45) is 9.67. The zero-order valence-corrected chi connectivity index (χ0v) is 13.6. The molecule has 0 heterocycles. The van der Waals surface area contributed by atoms with Gasteiger partial charge in [-0.25, -0.2) is 0 Å². The van der Waals surface area contributed by atoms with Gasteiger partial charge in [-0.2, -0.15) is 10.2 Å². The van der Waals surface area contributed by atoms with Gasteiger partial charge in [0.15, 0.2) is 0 Å². The Bertz CT molecular complexity index is 341. The van der Waals surface area contributed by atoms with E-state index in [0.717, 1.165) is 58.0 Å². The van der Waals surface area contributed by atoms with Crippen molar-refractivity contribution in [1.82, 2.24) is 0 Å². The molecule has 0 N–H and O–H groups in total. The number of hydrogen-bond donors (Lipinski definition) is 0. The van der Waals surface area contributed by atoms with Gasteiger partial charge in [-0.1, -0.05) is 6.92 Å². The van der Waals surface area contributed by atoms with Crippen LogP contribution in [0.3, 0.4) is 0 Å². The van der Waals surface area contributed by atoms with Crippen LogP contribution in [0.15, 0.2) is 10.2 Å². The standard InChI is InChI=1S/C17H30N2O2/c1-3-17(20)13-5-7-14(8-6-13)18-19-15-9-11-16(12-10-15)21-4-2/h13-16H,3-12H2,1-2H3. The number of carbonyl (C=O) groups excluding carboxylic acids is 1. The molecule has 0 aromatic heterocycles. The van der Waals surface area contributed by atoms with E-state index in [0.29, 0.717) is 36.3 Å². The molecular weight excluding hydrogens is 264 g/mol. The Morgan fingerprint density at radius 1 is 0.905 bits per heavy atom. The van der Waals surface area contributed by atoms with Gasteiger partial charge in [0.2, 0.25) is 0 Å². The normalized spacial score (nSPS) is 34.2. The minimum atomic E-state index is 0.295. The highest BCUT2D eigenvalue weighted by Crippen LogP contribution is 2.29. The van der Waals surface area contributed by atoms with Gasteiger partial charge in [-0.15, -0.1) is 0 Å². The van der Waals surface area contributed by atoms with E-state index in [2.05, 4.69) is 17.2 Å². The number of nitrogens with zero attached hydrogens (tertiary/aromatic N) is 2. The second-order valence-electron chi connectivity index (χ2n) is 6.44. The minimum Gasteiger partial charge on any atom is -0.379 e. The molecule has 0 aliphatic heterocycles. The minimum absolute atomic E-state index is 0.295. The van der Waals surface area contributed by atoms with Crippen LogP contribution in [0.4, 0.5) is 0 Å². The predicted octanol–water partition coefficient (Wildman–Crippen LogP) is 4.32. The van der Waals surface area contributed by atoms with Gasteiger partial charge in [-0.05, 0) is 58.3 Å². The fourth-order valence-corrected chi connectivity index (χ4v) is 3.55. The second kappa shape index (κ2) is 8.62. The van der Waals surface area contributed by atoms with Crippen molar-refractivity contribution in [2.45, 2.75) is 89.8 Å². The molecule has 0 radical (unpaired) electrons. The summed E-state index contributed by atoms with van der Waals surface area (Å²) in [6.45, 7) is 4.84.